The van der Waals surface area contributed by atoms with Crippen LogP contribution in [0.5, 0.6) is 0 Å². The normalized spacial score (nSPS) is 28.6. The average Bonchev–Trinajstić information content (AvgIpc) is 2.87. The number of halogens is 1. The second kappa shape index (κ2) is 5.32. The van der Waals surface area contributed by atoms with Gasteiger partial charge in [0, 0.05) is 12.6 Å². The number of aliphatic hydroxyl groups is 3. The summed E-state index contributed by atoms with van der Waals surface area (Å²) in [6.07, 6.45) is -4.36. The van der Waals surface area contributed by atoms with Crippen LogP contribution in [0, 0.1) is 0 Å². The van der Waals surface area contributed by atoms with Gasteiger partial charge in [-0.05, 0) is 15.9 Å². The third kappa shape index (κ3) is 2.07. The summed E-state index contributed by atoms with van der Waals surface area (Å²) in [5.41, 5.74) is 6.08. The molecule has 1 aliphatic rings. The Morgan fingerprint density at radius 1 is 1.45 bits per heavy atom. The van der Waals surface area contributed by atoms with Gasteiger partial charge in [-0.25, -0.2) is 4.98 Å². The molecule has 6 N–H and O–H groups in total. The Bertz CT molecular complexity index is 788. The zero-order valence-corrected chi connectivity index (χ0v) is 13.1. The molecule has 3 rings (SSSR count). The first-order chi connectivity index (χ1) is 10.4. The number of aromatic nitrogens is 3. The summed E-state index contributed by atoms with van der Waals surface area (Å²) >= 11 is 3.35. The first-order valence-electron chi connectivity index (χ1n) is 6.52. The van der Waals surface area contributed by atoms with Crippen LogP contribution < -0.4 is 11.3 Å². The van der Waals surface area contributed by atoms with E-state index in [1.54, 1.807) is 11.6 Å². The number of nitrogens with two attached hydrogens (primary N) is 1. The highest BCUT2D eigenvalue weighted by atomic mass is 79.9. The molecule has 1 aliphatic heterocycles. The Balaban J connectivity index is 2.24. The predicted octanol–water partition coefficient (Wildman–Crippen LogP) is -1.24. The Labute approximate surface area is 132 Å². The minimum atomic E-state index is -1.26. The van der Waals surface area contributed by atoms with Crippen LogP contribution in [0.4, 0.5) is 5.95 Å². The summed E-state index contributed by atoms with van der Waals surface area (Å²) in [5.74, 6) is -0.0661. The van der Waals surface area contributed by atoms with E-state index >= 15 is 0 Å². The number of nitrogens with one attached hydrogen (secondary N) is 1. The molecule has 10 heteroatoms. The van der Waals surface area contributed by atoms with Gasteiger partial charge in [0.05, 0.1) is 11.2 Å². The first kappa shape index (κ1) is 15.4. The molecular formula is C12H15BrN4O5. The highest BCUT2D eigenvalue weighted by Crippen LogP contribution is 2.40. The highest BCUT2D eigenvalue weighted by Gasteiger charge is 2.45. The van der Waals surface area contributed by atoms with Gasteiger partial charge >= 0.3 is 0 Å². The standard InChI is InChI=1S/C12H15BrN4O5/c1-17-6-5(15-12(14)16-11(6)21)4(10(17)13)9-8(20)7(19)3(2-18)22-9/h3,7-9,18-20H,2H2,1H3,(H3,14,15,16,21)/t3-,7-,8-,9+/m1/s1. The van der Waals surface area contributed by atoms with Crippen molar-refractivity contribution in [1.82, 2.24) is 14.5 Å². The fourth-order valence-electron chi connectivity index (χ4n) is 2.75. The summed E-state index contributed by atoms with van der Waals surface area (Å²) in [5, 5.41) is 29.3. The molecule has 1 fully saturated rings. The Morgan fingerprint density at radius 3 is 2.73 bits per heavy atom. The van der Waals surface area contributed by atoms with Crippen LogP contribution in [-0.2, 0) is 11.8 Å². The van der Waals surface area contributed by atoms with Crippen LogP contribution in [-0.4, -0.2) is 54.8 Å². The second-order valence-electron chi connectivity index (χ2n) is 5.17. The van der Waals surface area contributed by atoms with E-state index in [2.05, 4.69) is 25.9 Å². The molecular weight excluding hydrogens is 360 g/mol. The lowest BCUT2D eigenvalue weighted by Gasteiger charge is -2.14. The molecule has 3 heterocycles. The molecule has 0 unspecified atom stereocenters. The van der Waals surface area contributed by atoms with E-state index in [1.807, 2.05) is 0 Å². The van der Waals surface area contributed by atoms with Crippen molar-refractivity contribution < 1.29 is 20.1 Å². The van der Waals surface area contributed by atoms with E-state index < -0.39 is 36.6 Å². The summed E-state index contributed by atoms with van der Waals surface area (Å²) < 4.78 is 7.54. The molecule has 2 aromatic heterocycles. The molecule has 0 aliphatic carbocycles. The summed E-state index contributed by atoms with van der Waals surface area (Å²) in [7, 11) is 1.64. The lowest BCUT2D eigenvalue weighted by atomic mass is 10.0. The van der Waals surface area contributed by atoms with E-state index in [1.165, 1.54) is 0 Å². The Morgan fingerprint density at radius 2 is 2.14 bits per heavy atom. The number of rotatable bonds is 2. The summed E-state index contributed by atoms with van der Waals surface area (Å²) in [6.45, 7) is -0.437. The largest absolute Gasteiger partial charge is 0.394 e. The van der Waals surface area contributed by atoms with Crippen LogP contribution in [0.1, 0.15) is 11.7 Å². The number of nitrogens with zero attached hydrogens (tertiary/aromatic N) is 2. The number of anilines is 1. The molecule has 9 nitrogen and oxygen atoms in total. The maximum Gasteiger partial charge on any atom is 0.276 e. The van der Waals surface area contributed by atoms with Gasteiger partial charge in [-0.15, -0.1) is 0 Å². The van der Waals surface area contributed by atoms with Crippen molar-refractivity contribution >= 4 is 32.9 Å². The van der Waals surface area contributed by atoms with Gasteiger partial charge in [0.15, 0.2) is 0 Å². The van der Waals surface area contributed by atoms with Crippen molar-refractivity contribution in [1.29, 1.82) is 0 Å². The van der Waals surface area contributed by atoms with E-state index in [9.17, 15) is 20.1 Å². The molecule has 2 aromatic rings. The van der Waals surface area contributed by atoms with Crippen molar-refractivity contribution in [2.75, 3.05) is 12.3 Å². The molecule has 120 valence electrons. The van der Waals surface area contributed by atoms with Crippen LogP contribution in [0.25, 0.3) is 11.0 Å². The van der Waals surface area contributed by atoms with Gasteiger partial charge in [-0.1, -0.05) is 0 Å². The Kier molecular flexibility index (Phi) is 3.73. The zero-order valence-electron chi connectivity index (χ0n) is 11.5. The topological polar surface area (TPSA) is 147 Å². The third-order valence-corrected chi connectivity index (χ3v) is 4.81. The SMILES string of the molecule is Cn1c(Br)c([C@@H]2O[C@H](CO)[C@@H](O)[C@H]2O)c2nc(N)[nH]c(=O)c21. The minimum Gasteiger partial charge on any atom is -0.394 e. The fourth-order valence-corrected chi connectivity index (χ4v) is 3.34. The molecule has 0 amide bonds. The number of nitrogen functional groups attached to an aromatic ring is 1. The number of aliphatic hydroxyl groups excluding tert-OH is 3. The highest BCUT2D eigenvalue weighted by molar-refractivity contribution is 9.10. The summed E-state index contributed by atoms with van der Waals surface area (Å²) in [6, 6.07) is 0. The molecule has 0 radical (unpaired) electrons. The Hall–Kier alpha value is -1.46. The van der Waals surface area contributed by atoms with Gasteiger partial charge < -0.3 is 30.4 Å². The second-order valence-corrected chi connectivity index (χ2v) is 5.92. The van der Waals surface area contributed by atoms with Crippen LogP contribution >= 0.6 is 15.9 Å². The first-order valence-corrected chi connectivity index (χ1v) is 7.32. The average molecular weight is 375 g/mol. The third-order valence-electron chi connectivity index (χ3n) is 3.85. The molecule has 0 bridgehead atoms. The smallest absolute Gasteiger partial charge is 0.276 e. The molecule has 1 saturated heterocycles. The van der Waals surface area contributed by atoms with Crippen molar-refractivity contribution in [2.24, 2.45) is 7.05 Å². The van der Waals surface area contributed by atoms with Gasteiger partial charge in [0.2, 0.25) is 5.95 Å². The van der Waals surface area contributed by atoms with Gasteiger partial charge in [0.25, 0.3) is 5.56 Å². The predicted molar refractivity (Wildman–Crippen MR) is 80.2 cm³/mol. The lowest BCUT2D eigenvalue weighted by Crippen LogP contribution is -2.32. The fraction of sp³-hybridized carbons (Fsp3) is 0.500. The van der Waals surface area contributed by atoms with Crippen molar-refractivity contribution in [3.8, 4) is 0 Å². The van der Waals surface area contributed by atoms with Gasteiger partial charge in [-0.3, -0.25) is 9.78 Å². The van der Waals surface area contributed by atoms with E-state index in [-0.39, 0.29) is 17.0 Å². The number of ether oxygens (including phenoxy) is 1. The van der Waals surface area contributed by atoms with Crippen LogP contribution in [0.2, 0.25) is 0 Å². The maximum atomic E-state index is 12.1. The quantitative estimate of drug-likeness (QED) is 0.441. The number of aryl methyl sites for hydroxylation is 1. The lowest BCUT2D eigenvalue weighted by molar-refractivity contribution is -0.0226. The van der Waals surface area contributed by atoms with Crippen LogP contribution in [0.3, 0.4) is 0 Å². The number of hydrogen-bond donors (Lipinski definition) is 5. The van der Waals surface area contributed by atoms with Gasteiger partial charge in [0.1, 0.15) is 35.4 Å². The minimum absolute atomic E-state index is 0.0661. The van der Waals surface area contributed by atoms with Crippen LogP contribution in [0.15, 0.2) is 9.40 Å². The molecule has 0 aromatic carbocycles. The number of hydrogen-bond acceptors (Lipinski definition) is 7. The maximum absolute atomic E-state index is 12.1. The van der Waals surface area contributed by atoms with E-state index in [4.69, 9.17) is 10.5 Å². The van der Waals surface area contributed by atoms with Crippen molar-refractivity contribution in [3.63, 3.8) is 0 Å². The number of fused-ring (bicyclic) bond motifs is 1. The van der Waals surface area contributed by atoms with Gasteiger partial charge in [-0.2, -0.15) is 0 Å². The molecule has 0 saturated carbocycles. The number of aromatic amines is 1. The zero-order chi connectivity index (χ0) is 16.2. The van der Waals surface area contributed by atoms with E-state index in [0.29, 0.717) is 10.2 Å². The monoisotopic (exact) mass is 374 g/mol. The van der Waals surface area contributed by atoms with Crippen molar-refractivity contribution in [2.45, 2.75) is 24.4 Å². The van der Waals surface area contributed by atoms with E-state index in [0.717, 1.165) is 0 Å². The van der Waals surface area contributed by atoms with Crippen molar-refractivity contribution in [3.05, 3.63) is 20.5 Å². The molecule has 4 atom stereocenters. The summed E-state index contributed by atoms with van der Waals surface area (Å²) in [4.78, 5) is 18.6. The molecule has 22 heavy (non-hydrogen) atoms. The molecule has 0 spiro atoms. The number of H-pyrrole nitrogens is 1.